The lowest BCUT2D eigenvalue weighted by atomic mass is 9.91. The van der Waals surface area contributed by atoms with Crippen LogP contribution in [-0.4, -0.2) is 54.2 Å². The molecule has 0 aliphatic heterocycles. The van der Waals surface area contributed by atoms with Crippen LogP contribution in [0.2, 0.25) is 0 Å². The molecule has 1 aromatic heterocycles. The maximum absolute atomic E-state index is 12.5. The second-order valence-corrected chi connectivity index (χ2v) is 9.33. The molecule has 1 saturated carbocycles. The predicted molar refractivity (Wildman–Crippen MR) is 134 cm³/mol. The van der Waals surface area contributed by atoms with E-state index >= 15 is 0 Å². The summed E-state index contributed by atoms with van der Waals surface area (Å²) >= 11 is 0. The Morgan fingerprint density at radius 3 is 2.51 bits per heavy atom. The molecule has 0 radical (unpaired) electrons. The number of fused-ring (bicyclic) bond motifs is 1. The Bertz CT molecular complexity index is 1080. The van der Waals surface area contributed by atoms with Gasteiger partial charge >= 0.3 is 6.03 Å². The van der Waals surface area contributed by atoms with Crippen LogP contribution in [0.4, 0.5) is 27.9 Å². The summed E-state index contributed by atoms with van der Waals surface area (Å²) in [6.45, 7) is 0. The smallest absolute Gasteiger partial charge is 0.319 e. The number of hydrogen-bond donors (Lipinski definition) is 3. The standard InChI is InChI=1S/C24H33N7O4/c1-30(2)22-18-6-4-5-7-19(18)27-23(29-22)25-15-8-10-16(11-9-15)26-24(32)28-20-13-12-17(35-3)14-21(20)31(33)34/h12-16H,4-11H2,1-3H3,(H,25,27,29)(H2,26,28,32). The first-order valence-electron chi connectivity index (χ1n) is 12.1. The minimum Gasteiger partial charge on any atom is -0.496 e. The summed E-state index contributed by atoms with van der Waals surface area (Å²) in [5.41, 5.74) is 2.33. The molecule has 2 amide bonds. The molecule has 3 N–H and O–H groups in total. The minimum absolute atomic E-state index is 0.00728. The summed E-state index contributed by atoms with van der Waals surface area (Å²) in [5, 5.41) is 20.4. The van der Waals surface area contributed by atoms with Crippen molar-refractivity contribution in [3.05, 3.63) is 39.6 Å². The number of amides is 2. The third-order valence-electron chi connectivity index (χ3n) is 6.63. The fourth-order valence-electron chi connectivity index (χ4n) is 4.81. The van der Waals surface area contributed by atoms with Gasteiger partial charge in [0.05, 0.1) is 23.8 Å². The predicted octanol–water partition coefficient (Wildman–Crippen LogP) is 3.88. The van der Waals surface area contributed by atoms with E-state index in [1.54, 1.807) is 6.07 Å². The third kappa shape index (κ3) is 5.90. The Kier molecular flexibility index (Phi) is 7.52. The molecule has 1 fully saturated rings. The first kappa shape index (κ1) is 24.5. The Hall–Kier alpha value is -3.63. The van der Waals surface area contributed by atoms with Crippen LogP contribution in [0.5, 0.6) is 5.75 Å². The number of anilines is 3. The van der Waals surface area contributed by atoms with Gasteiger partial charge in [-0.15, -0.1) is 0 Å². The van der Waals surface area contributed by atoms with Crippen molar-refractivity contribution >= 4 is 29.2 Å². The molecular formula is C24H33N7O4. The van der Waals surface area contributed by atoms with E-state index in [0.717, 1.165) is 56.5 Å². The zero-order valence-corrected chi connectivity index (χ0v) is 20.5. The zero-order valence-electron chi connectivity index (χ0n) is 20.5. The number of benzene rings is 1. The molecule has 0 atom stereocenters. The van der Waals surface area contributed by atoms with Gasteiger partial charge in [-0.1, -0.05) is 0 Å². The van der Waals surface area contributed by atoms with Crippen LogP contribution < -0.4 is 25.6 Å². The van der Waals surface area contributed by atoms with Gasteiger partial charge in [0.2, 0.25) is 5.95 Å². The summed E-state index contributed by atoms with van der Waals surface area (Å²) < 4.78 is 5.03. The SMILES string of the molecule is COc1ccc(NC(=O)NC2CCC(Nc3nc4c(c(N(C)C)n3)CCCC4)CC2)c([N+](=O)[O-])c1. The van der Waals surface area contributed by atoms with Crippen molar-refractivity contribution in [2.45, 2.75) is 63.5 Å². The number of aryl methyl sites for hydroxylation is 1. The lowest BCUT2D eigenvalue weighted by Crippen LogP contribution is -2.42. The number of nitro groups is 1. The van der Waals surface area contributed by atoms with E-state index in [2.05, 4.69) is 20.9 Å². The lowest BCUT2D eigenvalue weighted by Gasteiger charge is -2.30. The van der Waals surface area contributed by atoms with Crippen molar-refractivity contribution in [2.75, 3.05) is 36.7 Å². The van der Waals surface area contributed by atoms with Crippen molar-refractivity contribution in [1.82, 2.24) is 15.3 Å². The number of hydrogen-bond acceptors (Lipinski definition) is 8. The molecule has 35 heavy (non-hydrogen) atoms. The normalized spacial score (nSPS) is 19.3. The van der Waals surface area contributed by atoms with Crippen molar-refractivity contribution in [3.63, 3.8) is 0 Å². The van der Waals surface area contributed by atoms with Gasteiger partial charge < -0.3 is 25.6 Å². The van der Waals surface area contributed by atoms with E-state index in [4.69, 9.17) is 14.7 Å². The number of ether oxygens (including phenoxy) is 1. The lowest BCUT2D eigenvalue weighted by molar-refractivity contribution is -0.384. The highest BCUT2D eigenvalue weighted by atomic mass is 16.6. The molecule has 11 heteroatoms. The molecule has 2 aliphatic carbocycles. The molecule has 188 valence electrons. The van der Waals surface area contributed by atoms with Gasteiger partial charge in [-0.3, -0.25) is 10.1 Å². The van der Waals surface area contributed by atoms with Crippen LogP contribution in [0.3, 0.4) is 0 Å². The molecular weight excluding hydrogens is 450 g/mol. The Morgan fingerprint density at radius 2 is 1.83 bits per heavy atom. The summed E-state index contributed by atoms with van der Waals surface area (Å²) in [6.07, 6.45) is 7.68. The molecule has 0 unspecified atom stereocenters. The summed E-state index contributed by atoms with van der Waals surface area (Å²) in [5.74, 6) is 2.03. The van der Waals surface area contributed by atoms with Crippen LogP contribution in [-0.2, 0) is 12.8 Å². The first-order valence-corrected chi connectivity index (χ1v) is 12.1. The molecule has 2 aliphatic rings. The fourth-order valence-corrected chi connectivity index (χ4v) is 4.81. The number of nitro benzene ring substituents is 1. The molecule has 0 spiro atoms. The molecule has 2 aromatic rings. The maximum atomic E-state index is 12.5. The van der Waals surface area contributed by atoms with Crippen molar-refractivity contribution in [3.8, 4) is 5.75 Å². The number of rotatable bonds is 7. The number of methoxy groups -OCH3 is 1. The van der Waals surface area contributed by atoms with Gasteiger partial charge in [0.1, 0.15) is 17.3 Å². The monoisotopic (exact) mass is 483 g/mol. The average Bonchev–Trinajstić information content (AvgIpc) is 2.84. The number of aromatic nitrogens is 2. The Morgan fingerprint density at radius 1 is 1.11 bits per heavy atom. The fraction of sp³-hybridized carbons (Fsp3) is 0.542. The largest absolute Gasteiger partial charge is 0.496 e. The van der Waals surface area contributed by atoms with E-state index in [1.165, 1.54) is 31.2 Å². The zero-order chi connectivity index (χ0) is 24.9. The van der Waals surface area contributed by atoms with Crippen LogP contribution in [0.25, 0.3) is 0 Å². The number of carbonyl (C=O) groups excluding carboxylic acids is 1. The molecule has 0 saturated heterocycles. The van der Waals surface area contributed by atoms with Crippen LogP contribution >= 0.6 is 0 Å². The molecule has 11 nitrogen and oxygen atoms in total. The van der Waals surface area contributed by atoms with Gasteiger partial charge in [0.25, 0.3) is 5.69 Å². The van der Waals surface area contributed by atoms with Gasteiger partial charge in [-0.25, -0.2) is 9.78 Å². The third-order valence-corrected chi connectivity index (χ3v) is 6.63. The molecule has 1 heterocycles. The first-order chi connectivity index (χ1) is 16.8. The molecule has 0 bridgehead atoms. The number of nitrogens with zero attached hydrogens (tertiary/aromatic N) is 4. The van der Waals surface area contributed by atoms with E-state index in [9.17, 15) is 14.9 Å². The van der Waals surface area contributed by atoms with Crippen LogP contribution in [0.15, 0.2) is 18.2 Å². The highest BCUT2D eigenvalue weighted by Gasteiger charge is 2.25. The van der Waals surface area contributed by atoms with Crippen molar-refractivity contribution < 1.29 is 14.5 Å². The van der Waals surface area contributed by atoms with Gasteiger partial charge in [-0.05, 0) is 63.5 Å². The summed E-state index contributed by atoms with van der Waals surface area (Å²) in [7, 11) is 5.47. The summed E-state index contributed by atoms with van der Waals surface area (Å²) in [6, 6.07) is 4.10. The van der Waals surface area contributed by atoms with E-state index in [0.29, 0.717) is 11.7 Å². The Balaban J connectivity index is 1.32. The molecule has 4 rings (SSSR count). The quantitative estimate of drug-likeness (QED) is 0.399. The van der Waals surface area contributed by atoms with E-state index < -0.39 is 11.0 Å². The second kappa shape index (κ2) is 10.7. The van der Waals surface area contributed by atoms with Crippen LogP contribution in [0.1, 0.15) is 49.8 Å². The van der Waals surface area contributed by atoms with Gasteiger partial charge in [0, 0.05) is 31.7 Å². The Labute approximate surface area is 204 Å². The van der Waals surface area contributed by atoms with Gasteiger partial charge in [-0.2, -0.15) is 4.98 Å². The van der Waals surface area contributed by atoms with E-state index in [-0.39, 0.29) is 23.5 Å². The maximum Gasteiger partial charge on any atom is 0.319 e. The van der Waals surface area contributed by atoms with Gasteiger partial charge in [0.15, 0.2) is 0 Å². The second-order valence-electron chi connectivity index (χ2n) is 9.33. The van der Waals surface area contributed by atoms with E-state index in [1.807, 2.05) is 14.1 Å². The topological polar surface area (TPSA) is 135 Å². The number of carbonyl (C=O) groups is 1. The minimum atomic E-state index is -0.542. The summed E-state index contributed by atoms with van der Waals surface area (Å²) in [4.78, 5) is 35.0. The highest BCUT2D eigenvalue weighted by molar-refractivity contribution is 5.92. The van der Waals surface area contributed by atoms with Crippen LogP contribution in [0, 0.1) is 10.1 Å². The van der Waals surface area contributed by atoms with Crippen molar-refractivity contribution in [1.29, 1.82) is 0 Å². The average molecular weight is 484 g/mol. The molecule has 1 aromatic carbocycles. The highest BCUT2D eigenvalue weighted by Crippen LogP contribution is 2.30. The number of nitrogens with one attached hydrogen (secondary N) is 3. The number of urea groups is 1. The van der Waals surface area contributed by atoms with Crippen molar-refractivity contribution in [2.24, 2.45) is 0 Å².